The molecule has 2 aromatic rings. The lowest BCUT2D eigenvalue weighted by molar-refractivity contribution is -0.120. The van der Waals surface area contributed by atoms with Gasteiger partial charge in [-0.2, -0.15) is 5.10 Å². The average Bonchev–Trinajstić information content (AvgIpc) is 2.55. The Morgan fingerprint density at radius 2 is 2.04 bits per heavy atom. The zero-order chi connectivity index (χ0) is 16.8. The van der Waals surface area contributed by atoms with Crippen LogP contribution in [0.15, 0.2) is 50.4 Å². The quantitative estimate of drug-likeness (QED) is 0.549. The normalized spacial score (nSPS) is 10.7. The fraction of sp³-hybridized carbons (Fsp3) is 0.125. The molecule has 23 heavy (non-hydrogen) atoms. The Labute approximate surface area is 150 Å². The number of hydrazone groups is 1. The molecule has 0 heterocycles. The molecule has 7 heteroatoms. The summed E-state index contributed by atoms with van der Waals surface area (Å²) in [6.45, 7) is 0. The molecule has 2 aromatic carbocycles. The molecule has 0 aromatic heterocycles. The van der Waals surface area contributed by atoms with Crippen molar-refractivity contribution in [3.8, 4) is 11.5 Å². The number of nitrogens with zero attached hydrogens (tertiary/aromatic N) is 1. The molecule has 0 bridgehead atoms. The second kappa shape index (κ2) is 8.12. The van der Waals surface area contributed by atoms with Crippen LogP contribution in [-0.4, -0.2) is 24.3 Å². The van der Waals surface area contributed by atoms with E-state index in [4.69, 9.17) is 4.74 Å². The lowest BCUT2D eigenvalue weighted by atomic mass is 10.1. The number of hydrogen-bond acceptors (Lipinski definition) is 4. The van der Waals surface area contributed by atoms with Gasteiger partial charge in [-0.05, 0) is 43.5 Å². The molecule has 1 amide bonds. The number of phenolic OH excluding ortho intramolecular Hbond substituents is 1. The minimum atomic E-state index is -0.245. The van der Waals surface area contributed by atoms with E-state index in [2.05, 4.69) is 42.4 Å². The molecule has 2 rings (SSSR count). The zero-order valence-electron chi connectivity index (χ0n) is 12.2. The fourth-order valence-corrected chi connectivity index (χ4v) is 2.70. The molecule has 0 spiro atoms. The smallest absolute Gasteiger partial charge is 0.244 e. The van der Waals surface area contributed by atoms with Crippen molar-refractivity contribution >= 4 is 44.0 Å². The molecule has 0 aliphatic heterocycles. The molecule has 120 valence electrons. The second-order valence-electron chi connectivity index (χ2n) is 4.59. The highest BCUT2D eigenvalue weighted by molar-refractivity contribution is 9.13. The van der Waals surface area contributed by atoms with Gasteiger partial charge in [0.15, 0.2) is 11.5 Å². The van der Waals surface area contributed by atoms with Crippen molar-refractivity contribution in [2.45, 2.75) is 6.42 Å². The van der Waals surface area contributed by atoms with Gasteiger partial charge in [0.25, 0.3) is 0 Å². The highest BCUT2D eigenvalue weighted by atomic mass is 79.9. The molecule has 0 saturated carbocycles. The van der Waals surface area contributed by atoms with Crippen molar-refractivity contribution in [2.75, 3.05) is 7.11 Å². The molecule has 2 N–H and O–H groups in total. The molecular formula is C16H14Br2N2O3. The number of halogens is 2. The molecule has 0 aliphatic rings. The third-order valence-electron chi connectivity index (χ3n) is 3.00. The monoisotopic (exact) mass is 440 g/mol. The maximum absolute atomic E-state index is 11.8. The van der Waals surface area contributed by atoms with Gasteiger partial charge in [-0.1, -0.05) is 30.3 Å². The van der Waals surface area contributed by atoms with Crippen LogP contribution in [-0.2, 0) is 11.2 Å². The van der Waals surface area contributed by atoms with Crippen LogP contribution in [0.2, 0.25) is 0 Å². The molecule has 0 saturated heterocycles. The van der Waals surface area contributed by atoms with Crippen molar-refractivity contribution in [3.05, 3.63) is 56.5 Å². The number of carbonyl (C=O) groups is 1. The van der Waals surface area contributed by atoms with Crippen LogP contribution in [0.3, 0.4) is 0 Å². The highest BCUT2D eigenvalue weighted by Gasteiger charge is 2.14. The van der Waals surface area contributed by atoms with Crippen LogP contribution < -0.4 is 10.2 Å². The Bertz CT molecular complexity index is 734. The number of benzene rings is 2. The second-order valence-corrected chi connectivity index (χ2v) is 6.24. The third-order valence-corrected chi connectivity index (χ3v) is 5.01. The zero-order valence-corrected chi connectivity index (χ0v) is 15.4. The summed E-state index contributed by atoms with van der Waals surface area (Å²) in [5.74, 6) is -0.00852. The number of rotatable bonds is 5. The van der Waals surface area contributed by atoms with E-state index in [-0.39, 0.29) is 18.1 Å². The summed E-state index contributed by atoms with van der Waals surface area (Å²) in [6.07, 6.45) is 1.59. The van der Waals surface area contributed by atoms with E-state index in [1.54, 1.807) is 6.07 Å². The number of aromatic hydroxyl groups is 1. The van der Waals surface area contributed by atoms with Crippen molar-refractivity contribution in [2.24, 2.45) is 5.10 Å². The highest BCUT2D eigenvalue weighted by Crippen LogP contribution is 2.39. The van der Waals surface area contributed by atoms with Gasteiger partial charge in [0.1, 0.15) is 0 Å². The minimum Gasteiger partial charge on any atom is -0.504 e. The summed E-state index contributed by atoms with van der Waals surface area (Å²) in [6, 6.07) is 11.0. The van der Waals surface area contributed by atoms with Gasteiger partial charge in [0.2, 0.25) is 5.91 Å². The van der Waals surface area contributed by atoms with Crippen molar-refractivity contribution in [1.82, 2.24) is 5.43 Å². The van der Waals surface area contributed by atoms with E-state index < -0.39 is 0 Å². The van der Waals surface area contributed by atoms with Gasteiger partial charge in [-0.25, -0.2) is 5.43 Å². The lowest BCUT2D eigenvalue weighted by Gasteiger charge is -2.09. The first kappa shape index (κ1) is 17.5. The summed E-state index contributed by atoms with van der Waals surface area (Å²) in [4.78, 5) is 11.8. The van der Waals surface area contributed by atoms with Gasteiger partial charge >= 0.3 is 0 Å². The van der Waals surface area contributed by atoms with Crippen molar-refractivity contribution < 1.29 is 14.6 Å². The summed E-state index contributed by atoms with van der Waals surface area (Å²) < 4.78 is 6.38. The predicted molar refractivity (Wildman–Crippen MR) is 95.9 cm³/mol. The molecule has 0 aliphatic carbocycles. The summed E-state index contributed by atoms with van der Waals surface area (Å²) in [5.41, 5.74) is 3.73. The average molecular weight is 442 g/mol. The van der Waals surface area contributed by atoms with Crippen LogP contribution in [0, 0.1) is 0 Å². The topological polar surface area (TPSA) is 70.9 Å². The number of amides is 1. The maximum Gasteiger partial charge on any atom is 0.244 e. The molecule has 0 atom stereocenters. The standard InChI is InChI=1S/C16H14Br2N2O3/c1-23-13-8-12(17)15(18)11(16(13)22)9-19-20-14(21)7-10-5-3-2-4-6-10/h2-6,8-9,22H,7H2,1H3,(H,20,21)/b19-9-. The van der Waals surface area contributed by atoms with E-state index in [0.717, 1.165) is 5.56 Å². The molecular weight excluding hydrogens is 428 g/mol. The SMILES string of the molecule is COc1cc(Br)c(Br)c(/C=N\NC(=O)Cc2ccccc2)c1O. The van der Waals surface area contributed by atoms with Gasteiger partial charge < -0.3 is 9.84 Å². The van der Waals surface area contributed by atoms with Crippen LogP contribution in [0.25, 0.3) is 0 Å². The Balaban J connectivity index is 2.09. The van der Waals surface area contributed by atoms with E-state index >= 15 is 0 Å². The number of ether oxygens (including phenoxy) is 1. The number of nitrogens with one attached hydrogen (secondary N) is 1. The fourth-order valence-electron chi connectivity index (χ4n) is 1.88. The van der Waals surface area contributed by atoms with E-state index in [1.807, 2.05) is 30.3 Å². The Morgan fingerprint density at radius 1 is 1.35 bits per heavy atom. The first-order chi connectivity index (χ1) is 11.0. The number of methoxy groups -OCH3 is 1. The first-order valence-corrected chi connectivity index (χ1v) is 8.22. The van der Waals surface area contributed by atoms with Crippen molar-refractivity contribution in [1.29, 1.82) is 0 Å². The van der Waals surface area contributed by atoms with E-state index in [0.29, 0.717) is 20.3 Å². The number of hydrogen-bond donors (Lipinski definition) is 2. The van der Waals surface area contributed by atoms with Crippen LogP contribution in [0.4, 0.5) is 0 Å². The van der Waals surface area contributed by atoms with Gasteiger partial charge in [0, 0.05) is 8.95 Å². The van der Waals surface area contributed by atoms with Crippen LogP contribution >= 0.6 is 31.9 Å². The van der Waals surface area contributed by atoms with E-state index in [9.17, 15) is 9.90 Å². The summed E-state index contributed by atoms with van der Waals surface area (Å²) in [5, 5.41) is 14.0. The Hall–Kier alpha value is -1.86. The first-order valence-electron chi connectivity index (χ1n) is 6.63. The number of phenols is 1. The van der Waals surface area contributed by atoms with Gasteiger partial charge in [-0.15, -0.1) is 0 Å². The number of carbonyl (C=O) groups excluding carboxylic acids is 1. The lowest BCUT2D eigenvalue weighted by Crippen LogP contribution is -2.19. The Kier molecular flexibility index (Phi) is 6.18. The molecule has 5 nitrogen and oxygen atoms in total. The summed E-state index contributed by atoms with van der Waals surface area (Å²) >= 11 is 6.70. The summed E-state index contributed by atoms with van der Waals surface area (Å²) in [7, 11) is 1.46. The maximum atomic E-state index is 11.8. The van der Waals surface area contributed by atoms with Gasteiger partial charge in [-0.3, -0.25) is 4.79 Å². The van der Waals surface area contributed by atoms with Gasteiger partial charge in [0.05, 0.1) is 25.3 Å². The van der Waals surface area contributed by atoms with E-state index in [1.165, 1.54) is 13.3 Å². The van der Waals surface area contributed by atoms with Crippen LogP contribution in [0.1, 0.15) is 11.1 Å². The predicted octanol–water partition coefficient (Wildman–Crippen LogP) is 3.62. The molecule has 0 radical (unpaired) electrons. The largest absolute Gasteiger partial charge is 0.504 e. The van der Waals surface area contributed by atoms with Crippen molar-refractivity contribution in [3.63, 3.8) is 0 Å². The minimum absolute atomic E-state index is 0.0661. The third kappa shape index (κ3) is 4.56. The Morgan fingerprint density at radius 3 is 2.70 bits per heavy atom. The molecule has 0 fully saturated rings. The molecule has 0 unspecified atom stereocenters. The van der Waals surface area contributed by atoms with Crippen LogP contribution in [0.5, 0.6) is 11.5 Å².